The summed E-state index contributed by atoms with van der Waals surface area (Å²) in [5, 5.41) is 0.711. The van der Waals surface area contributed by atoms with Gasteiger partial charge in [0, 0.05) is 14.9 Å². The molecule has 0 radical (unpaired) electrons. The number of aryl methyl sites for hydroxylation is 1. The normalized spacial score (nSPS) is 14.1. The molecule has 29 heavy (non-hydrogen) atoms. The zero-order chi connectivity index (χ0) is 20.5. The summed E-state index contributed by atoms with van der Waals surface area (Å²) in [5.74, 6) is -0.784. The van der Waals surface area contributed by atoms with Crippen LogP contribution in [0.1, 0.15) is 11.1 Å². The van der Waals surface area contributed by atoms with Gasteiger partial charge in [0.05, 0.1) is 16.2 Å². The van der Waals surface area contributed by atoms with Crippen molar-refractivity contribution in [1.82, 2.24) is 0 Å². The Labute approximate surface area is 182 Å². The Hall–Kier alpha value is -2.53. The first kappa shape index (κ1) is 19.8. The average Bonchev–Trinajstić information content (AvgIpc) is 2.92. The molecule has 4 rings (SSSR count). The van der Waals surface area contributed by atoms with E-state index in [1.54, 1.807) is 18.2 Å². The summed E-state index contributed by atoms with van der Waals surface area (Å²) in [6.07, 6.45) is 0. The molecule has 1 aliphatic rings. The van der Waals surface area contributed by atoms with Crippen LogP contribution in [0, 0.1) is 6.92 Å². The summed E-state index contributed by atoms with van der Waals surface area (Å²) in [6, 6.07) is 21.7. The van der Waals surface area contributed by atoms with Crippen molar-refractivity contribution in [1.29, 1.82) is 0 Å². The minimum Gasteiger partial charge on any atom is -0.268 e. The van der Waals surface area contributed by atoms with E-state index in [-0.39, 0.29) is 0 Å². The molecule has 0 N–H and O–H groups in total. The Morgan fingerprint density at radius 2 is 1.41 bits per heavy atom. The number of benzene rings is 3. The highest BCUT2D eigenvalue weighted by Crippen LogP contribution is 2.42. The van der Waals surface area contributed by atoms with Crippen molar-refractivity contribution in [2.75, 3.05) is 4.90 Å². The third-order valence-electron chi connectivity index (χ3n) is 4.45. The van der Waals surface area contributed by atoms with Crippen LogP contribution >= 0.6 is 35.0 Å². The van der Waals surface area contributed by atoms with Crippen LogP contribution in [-0.2, 0) is 9.59 Å². The van der Waals surface area contributed by atoms with Gasteiger partial charge in [-0.05, 0) is 42.8 Å². The number of anilines is 1. The smallest absolute Gasteiger partial charge is 0.268 e. The molecule has 1 aliphatic heterocycles. The monoisotopic (exact) mass is 439 g/mol. The Bertz CT molecular complexity index is 1120. The van der Waals surface area contributed by atoms with E-state index in [1.165, 1.54) is 11.8 Å². The van der Waals surface area contributed by atoms with Crippen molar-refractivity contribution in [2.24, 2.45) is 0 Å². The van der Waals surface area contributed by atoms with E-state index in [0.29, 0.717) is 31.8 Å². The first-order valence-corrected chi connectivity index (χ1v) is 10.4. The van der Waals surface area contributed by atoms with Gasteiger partial charge in [0.1, 0.15) is 0 Å². The molecule has 3 aromatic rings. The highest BCUT2D eigenvalue weighted by Gasteiger charge is 2.40. The summed E-state index contributed by atoms with van der Waals surface area (Å²) in [6.45, 7) is 1.97. The van der Waals surface area contributed by atoms with Gasteiger partial charge in [-0.2, -0.15) is 0 Å². The highest BCUT2D eigenvalue weighted by atomic mass is 35.5. The maximum absolute atomic E-state index is 13.4. The lowest BCUT2D eigenvalue weighted by Gasteiger charge is -2.16. The zero-order valence-electron chi connectivity index (χ0n) is 15.4. The van der Waals surface area contributed by atoms with Gasteiger partial charge in [-0.3, -0.25) is 9.59 Å². The Morgan fingerprint density at radius 3 is 2.03 bits per heavy atom. The summed E-state index contributed by atoms with van der Waals surface area (Å²) in [7, 11) is 0. The molecular formula is C23H15Cl2NO2S. The van der Waals surface area contributed by atoms with Crippen LogP contribution in [0.15, 0.2) is 82.6 Å². The first-order chi connectivity index (χ1) is 13.9. The van der Waals surface area contributed by atoms with Crippen LogP contribution < -0.4 is 4.90 Å². The number of amides is 2. The number of halogens is 2. The predicted octanol–water partition coefficient (Wildman–Crippen LogP) is 6.38. The number of rotatable bonds is 4. The van der Waals surface area contributed by atoms with Crippen molar-refractivity contribution in [3.8, 4) is 0 Å². The maximum atomic E-state index is 13.4. The Morgan fingerprint density at radius 1 is 0.793 bits per heavy atom. The quantitative estimate of drug-likeness (QED) is 0.442. The summed E-state index contributed by atoms with van der Waals surface area (Å²) in [5.41, 5.74) is 2.50. The van der Waals surface area contributed by atoms with Gasteiger partial charge in [0.2, 0.25) is 0 Å². The molecule has 144 valence electrons. The van der Waals surface area contributed by atoms with E-state index in [4.69, 9.17) is 23.2 Å². The Kier molecular flexibility index (Phi) is 5.50. The maximum Gasteiger partial charge on any atom is 0.272 e. The van der Waals surface area contributed by atoms with E-state index >= 15 is 0 Å². The SMILES string of the molecule is Cc1ccc(C2=C(Sc3ccccc3)C(=O)N(c3cc(Cl)cc(Cl)c3)C2=O)cc1. The molecule has 2 amide bonds. The van der Waals surface area contributed by atoms with E-state index < -0.39 is 11.8 Å². The third kappa shape index (κ3) is 3.97. The van der Waals surface area contributed by atoms with Gasteiger partial charge in [0.25, 0.3) is 11.8 Å². The number of hydrogen-bond acceptors (Lipinski definition) is 3. The van der Waals surface area contributed by atoms with Crippen LogP contribution in [0.25, 0.3) is 5.57 Å². The van der Waals surface area contributed by atoms with Crippen LogP contribution in [0.2, 0.25) is 10.0 Å². The molecule has 3 aromatic carbocycles. The second-order valence-corrected chi connectivity index (χ2v) is 8.52. The van der Waals surface area contributed by atoms with Gasteiger partial charge in [-0.15, -0.1) is 0 Å². The van der Waals surface area contributed by atoms with Crippen molar-refractivity contribution in [3.63, 3.8) is 0 Å². The van der Waals surface area contributed by atoms with E-state index in [2.05, 4.69) is 0 Å². The predicted molar refractivity (Wildman–Crippen MR) is 119 cm³/mol. The van der Waals surface area contributed by atoms with Crippen molar-refractivity contribution < 1.29 is 9.59 Å². The fourth-order valence-corrected chi connectivity index (χ4v) is 4.62. The molecule has 3 nitrogen and oxygen atoms in total. The minimum absolute atomic E-state index is 0.353. The van der Waals surface area contributed by atoms with Gasteiger partial charge >= 0.3 is 0 Å². The Balaban J connectivity index is 1.84. The zero-order valence-corrected chi connectivity index (χ0v) is 17.7. The summed E-state index contributed by atoms with van der Waals surface area (Å²) < 4.78 is 0. The summed E-state index contributed by atoms with van der Waals surface area (Å²) >= 11 is 13.5. The van der Waals surface area contributed by atoms with Gasteiger partial charge in [-0.1, -0.05) is 83.0 Å². The molecule has 0 saturated heterocycles. The van der Waals surface area contributed by atoms with Gasteiger partial charge < -0.3 is 0 Å². The van der Waals surface area contributed by atoms with Gasteiger partial charge in [-0.25, -0.2) is 4.90 Å². The molecule has 0 bridgehead atoms. The third-order valence-corrected chi connectivity index (χ3v) is 5.98. The molecule has 0 aliphatic carbocycles. The van der Waals surface area contributed by atoms with Crippen LogP contribution in [0.3, 0.4) is 0 Å². The number of thioether (sulfide) groups is 1. The van der Waals surface area contributed by atoms with Crippen molar-refractivity contribution in [2.45, 2.75) is 11.8 Å². The van der Waals surface area contributed by atoms with Crippen LogP contribution in [0.4, 0.5) is 5.69 Å². The lowest BCUT2D eigenvalue weighted by Crippen LogP contribution is -2.31. The number of carbonyl (C=O) groups excluding carboxylic acids is 2. The van der Waals surface area contributed by atoms with E-state index in [1.807, 2.05) is 61.5 Å². The minimum atomic E-state index is -0.393. The fraction of sp³-hybridized carbons (Fsp3) is 0.0435. The molecule has 6 heteroatoms. The molecule has 0 saturated carbocycles. The molecule has 0 atom stereocenters. The fourth-order valence-electron chi connectivity index (χ4n) is 3.09. The molecular weight excluding hydrogens is 425 g/mol. The van der Waals surface area contributed by atoms with Crippen LogP contribution in [-0.4, -0.2) is 11.8 Å². The van der Waals surface area contributed by atoms with E-state index in [9.17, 15) is 9.59 Å². The van der Waals surface area contributed by atoms with E-state index in [0.717, 1.165) is 15.4 Å². The summed E-state index contributed by atoms with van der Waals surface area (Å²) in [4.78, 5) is 29.1. The number of carbonyl (C=O) groups is 2. The molecule has 1 heterocycles. The molecule has 0 fully saturated rings. The largest absolute Gasteiger partial charge is 0.272 e. The molecule has 0 aromatic heterocycles. The second kappa shape index (κ2) is 8.07. The topological polar surface area (TPSA) is 37.4 Å². The van der Waals surface area contributed by atoms with Crippen molar-refractivity contribution in [3.05, 3.63) is 98.9 Å². The van der Waals surface area contributed by atoms with Crippen LogP contribution in [0.5, 0.6) is 0 Å². The van der Waals surface area contributed by atoms with Crippen molar-refractivity contribution >= 4 is 58.0 Å². The molecule has 0 spiro atoms. The highest BCUT2D eigenvalue weighted by molar-refractivity contribution is 8.04. The number of imide groups is 1. The second-order valence-electron chi connectivity index (χ2n) is 6.56. The lowest BCUT2D eigenvalue weighted by molar-refractivity contribution is -0.119. The number of nitrogens with zero attached hydrogens (tertiary/aromatic N) is 1. The van der Waals surface area contributed by atoms with Gasteiger partial charge in [0.15, 0.2) is 0 Å². The number of hydrogen-bond donors (Lipinski definition) is 0. The first-order valence-electron chi connectivity index (χ1n) is 8.83. The standard InChI is InChI=1S/C23H15Cl2NO2S/c1-14-7-9-15(10-8-14)20-21(29-19-5-3-2-4-6-19)23(28)26(22(20)27)18-12-16(24)11-17(25)13-18/h2-13H,1H3. The lowest BCUT2D eigenvalue weighted by atomic mass is 10.0. The average molecular weight is 440 g/mol. The molecule has 0 unspecified atom stereocenters.